The lowest BCUT2D eigenvalue weighted by Gasteiger charge is -2.36. The second-order valence-corrected chi connectivity index (χ2v) is 7.63. The zero-order chi connectivity index (χ0) is 18.0. The molecule has 3 rings (SSSR count). The van der Waals surface area contributed by atoms with E-state index in [1.54, 1.807) is 6.07 Å². The third-order valence-corrected chi connectivity index (χ3v) is 5.44. The van der Waals surface area contributed by atoms with Gasteiger partial charge >= 0.3 is 5.97 Å². The van der Waals surface area contributed by atoms with Gasteiger partial charge in [0, 0.05) is 5.56 Å². The number of carbonyl (C=O) groups excluding carboxylic acids is 2. The van der Waals surface area contributed by atoms with Crippen LogP contribution in [0.2, 0.25) is 0 Å². The minimum absolute atomic E-state index is 0.157. The normalized spacial score (nSPS) is 23.6. The van der Waals surface area contributed by atoms with Crippen molar-refractivity contribution in [1.29, 1.82) is 0 Å². The summed E-state index contributed by atoms with van der Waals surface area (Å²) in [7, 11) is 0. The van der Waals surface area contributed by atoms with E-state index in [0.717, 1.165) is 30.0 Å². The van der Waals surface area contributed by atoms with Crippen molar-refractivity contribution in [2.24, 2.45) is 17.8 Å². The van der Waals surface area contributed by atoms with E-state index in [0.29, 0.717) is 23.3 Å². The Morgan fingerprint density at radius 3 is 2.52 bits per heavy atom. The van der Waals surface area contributed by atoms with Crippen LogP contribution in [-0.2, 0) is 9.53 Å². The Balaban J connectivity index is 1.81. The van der Waals surface area contributed by atoms with Crippen LogP contribution in [0.3, 0.4) is 0 Å². The Morgan fingerprint density at radius 1 is 1.04 bits per heavy atom. The summed E-state index contributed by atoms with van der Waals surface area (Å²) in [4.78, 5) is 25.3. The Hall–Kier alpha value is -2.16. The standard InChI is InChI=1S/C22H26O3/c1-14(2)17-12-11-15(3)13-20(17)25-22(24)21(23)19-10-6-8-16-7-4-5-9-18(16)19/h4-10,14-15,17,20H,11-13H2,1-3H3. The molecule has 132 valence electrons. The summed E-state index contributed by atoms with van der Waals surface area (Å²) in [5.41, 5.74) is 0.424. The second kappa shape index (κ2) is 7.38. The highest BCUT2D eigenvalue weighted by molar-refractivity contribution is 6.43. The van der Waals surface area contributed by atoms with Gasteiger partial charge in [0.1, 0.15) is 6.10 Å². The van der Waals surface area contributed by atoms with Crippen LogP contribution in [-0.4, -0.2) is 17.9 Å². The first-order valence-electron chi connectivity index (χ1n) is 9.20. The van der Waals surface area contributed by atoms with Crippen LogP contribution in [0.1, 0.15) is 50.4 Å². The molecule has 2 aromatic rings. The molecule has 0 spiro atoms. The highest BCUT2D eigenvalue weighted by atomic mass is 16.5. The molecule has 0 aromatic heterocycles. The maximum atomic E-state index is 12.7. The number of esters is 1. The Labute approximate surface area is 149 Å². The summed E-state index contributed by atoms with van der Waals surface area (Å²) in [6.45, 7) is 6.51. The van der Waals surface area contributed by atoms with Crippen molar-refractivity contribution in [1.82, 2.24) is 0 Å². The molecule has 0 bridgehead atoms. The first-order chi connectivity index (χ1) is 12.0. The van der Waals surface area contributed by atoms with Crippen molar-refractivity contribution >= 4 is 22.5 Å². The largest absolute Gasteiger partial charge is 0.456 e. The van der Waals surface area contributed by atoms with E-state index in [4.69, 9.17) is 4.74 Å². The van der Waals surface area contributed by atoms with E-state index in [1.807, 2.05) is 36.4 Å². The molecule has 25 heavy (non-hydrogen) atoms. The second-order valence-electron chi connectivity index (χ2n) is 7.63. The molecule has 3 heteroatoms. The fourth-order valence-corrected chi connectivity index (χ4v) is 3.97. The number of rotatable bonds is 4. The number of ketones is 1. The predicted molar refractivity (Wildman–Crippen MR) is 99.5 cm³/mol. The van der Waals surface area contributed by atoms with Gasteiger partial charge in [0.15, 0.2) is 0 Å². The SMILES string of the molecule is CC1CCC(C(C)C)C(OC(=O)C(=O)c2cccc3ccccc23)C1. The fourth-order valence-electron chi connectivity index (χ4n) is 3.97. The molecule has 0 saturated heterocycles. The average Bonchev–Trinajstić information content (AvgIpc) is 2.60. The van der Waals surface area contributed by atoms with E-state index >= 15 is 0 Å². The van der Waals surface area contributed by atoms with Crippen molar-refractivity contribution in [3.05, 3.63) is 48.0 Å². The molecule has 0 amide bonds. The van der Waals surface area contributed by atoms with Gasteiger partial charge in [-0.3, -0.25) is 4.79 Å². The Bertz CT molecular complexity index is 772. The van der Waals surface area contributed by atoms with Gasteiger partial charge in [0.2, 0.25) is 0 Å². The fraction of sp³-hybridized carbons (Fsp3) is 0.455. The summed E-state index contributed by atoms with van der Waals surface area (Å²) < 4.78 is 5.71. The number of benzene rings is 2. The number of fused-ring (bicyclic) bond motifs is 1. The van der Waals surface area contributed by atoms with E-state index in [2.05, 4.69) is 20.8 Å². The zero-order valence-corrected chi connectivity index (χ0v) is 15.2. The molecule has 0 aliphatic heterocycles. The van der Waals surface area contributed by atoms with E-state index in [9.17, 15) is 9.59 Å². The summed E-state index contributed by atoms with van der Waals surface area (Å²) >= 11 is 0. The highest BCUT2D eigenvalue weighted by Crippen LogP contribution is 2.35. The molecule has 0 radical (unpaired) electrons. The third kappa shape index (κ3) is 3.76. The van der Waals surface area contributed by atoms with E-state index in [1.165, 1.54) is 0 Å². The van der Waals surface area contributed by atoms with Gasteiger partial charge in [-0.05, 0) is 41.4 Å². The number of carbonyl (C=O) groups is 2. The molecule has 0 N–H and O–H groups in total. The van der Waals surface area contributed by atoms with Crippen molar-refractivity contribution in [2.75, 3.05) is 0 Å². The molecule has 3 unspecified atom stereocenters. The Kier molecular flexibility index (Phi) is 5.22. The van der Waals surface area contributed by atoms with Crippen LogP contribution >= 0.6 is 0 Å². The van der Waals surface area contributed by atoms with E-state index in [-0.39, 0.29) is 6.10 Å². The van der Waals surface area contributed by atoms with Crippen molar-refractivity contribution < 1.29 is 14.3 Å². The van der Waals surface area contributed by atoms with E-state index < -0.39 is 11.8 Å². The molecule has 2 aromatic carbocycles. The third-order valence-electron chi connectivity index (χ3n) is 5.44. The molecular weight excluding hydrogens is 312 g/mol. The van der Waals surface area contributed by atoms with Gasteiger partial charge in [-0.15, -0.1) is 0 Å². The average molecular weight is 338 g/mol. The molecule has 1 aliphatic carbocycles. The van der Waals surface area contributed by atoms with Crippen LogP contribution in [0, 0.1) is 17.8 Å². The van der Waals surface area contributed by atoms with Gasteiger partial charge in [-0.2, -0.15) is 0 Å². The number of hydrogen-bond acceptors (Lipinski definition) is 3. The smallest absolute Gasteiger partial charge is 0.379 e. The van der Waals surface area contributed by atoms with Gasteiger partial charge in [0.25, 0.3) is 5.78 Å². The van der Waals surface area contributed by atoms with Crippen molar-refractivity contribution in [3.63, 3.8) is 0 Å². The number of hydrogen-bond donors (Lipinski definition) is 0. The highest BCUT2D eigenvalue weighted by Gasteiger charge is 2.35. The summed E-state index contributed by atoms with van der Waals surface area (Å²) in [6, 6.07) is 13.1. The van der Waals surface area contributed by atoms with Crippen LogP contribution in [0.5, 0.6) is 0 Å². The molecule has 3 nitrogen and oxygen atoms in total. The molecule has 1 aliphatic rings. The predicted octanol–water partition coefficient (Wildman–Crippen LogP) is 5.03. The first kappa shape index (κ1) is 17.7. The maximum Gasteiger partial charge on any atom is 0.379 e. The summed E-state index contributed by atoms with van der Waals surface area (Å²) in [5, 5.41) is 1.75. The Morgan fingerprint density at radius 2 is 1.76 bits per heavy atom. The summed E-state index contributed by atoms with van der Waals surface area (Å²) in [6.07, 6.45) is 2.90. The molecule has 3 atom stereocenters. The lowest BCUT2D eigenvalue weighted by molar-refractivity contribution is -0.149. The minimum Gasteiger partial charge on any atom is -0.456 e. The van der Waals surface area contributed by atoms with Crippen LogP contribution in [0.25, 0.3) is 10.8 Å². The topological polar surface area (TPSA) is 43.4 Å². The lowest BCUT2D eigenvalue weighted by atomic mass is 9.75. The molecule has 1 fully saturated rings. The van der Waals surface area contributed by atoms with Gasteiger partial charge in [0.05, 0.1) is 0 Å². The number of Topliss-reactive ketones (excluding diaryl/α,β-unsaturated/α-hetero) is 1. The molecule has 1 saturated carbocycles. The first-order valence-corrected chi connectivity index (χ1v) is 9.20. The van der Waals surface area contributed by atoms with Gasteiger partial charge < -0.3 is 4.74 Å². The maximum absolute atomic E-state index is 12.7. The molecule has 0 heterocycles. The van der Waals surface area contributed by atoms with Crippen LogP contribution in [0.15, 0.2) is 42.5 Å². The number of ether oxygens (including phenoxy) is 1. The van der Waals surface area contributed by atoms with Gasteiger partial charge in [-0.1, -0.05) is 69.7 Å². The van der Waals surface area contributed by atoms with Gasteiger partial charge in [-0.25, -0.2) is 4.79 Å². The summed E-state index contributed by atoms with van der Waals surface area (Å²) in [5.74, 6) is 0.0394. The van der Waals surface area contributed by atoms with Crippen molar-refractivity contribution in [2.45, 2.75) is 46.1 Å². The zero-order valence-electron chi connectivity index (χ0n) is 15.2. The van der Waals surface area contributed by atoms with Crippen molar-refractivity contribution in [3.8, 4) is 0 Å². The van der Waals surface area contributed by atoms with Crippen LogP contribution < -0.4 is 0 Å². The lowest BCUT2D eigenvalue weighted by Crippen LogP contribution is -2.37. The molecular formula is C22H26O3. The van der Waals surface area contributed by atoms with Crippen LogP contribution in [0.4, 0.5) is 0 Å². The monoisotopic (exact) mass is 338 g/mol. The quantitative estimate of drug-likeness (QED) is 0.446. The minimum atomic E-state index is -0.721.